The van der Waals surface area contributed by atoms with Crippen LogP contribution in [0, 0.1) is 0 Å². The van der Waals surface area contributed by atoms with E-state index in [1.54, 1.807) is 107 Å². The summed E-state index contributed by atoms with van der Waals surface area (Å²) in [6.45, 7) is 21.1. The van der Waals surface area contributed by atoms with Gasteiger partial charge in [0.1, 0.15) is 33.9 Å². The van der Waals surface area contributed by atoms with Crippen molar-refractivity contribution in [2.75, 3.05) is 10.6 Å². The van der Waals surface area contributed by atoms with Crippen molar-refractivity contribution in [2.45, 2.75) is 137 Å². The second-order valence-corrected chi connectivity index (χ2v) is 19.4. The fourth-order valence-corrected chi connectivity index (χ4v) is 6.52. The number of halogens is 3. The van der Waals surface area contributed by atoms with Gasteiger partial charge in [0.2, 0.25) is 0 Å². The number of nitrogens with one attached hydrogen (secondary N) is 2. The molecule has 0 saturated heterocycles. The predicted octanol–water partition coefficient (Wildman–Crippen LogP) is 12.6. The summed E-state index contributed by atoms with van der Waals surface area (Å²) >= 11 is 0. The lowest BCUT2D eigenvalue weighted by Crippen LogP contribution is -2.32. The zero-order valence-electron chi connectivity index (χ0n) is 38.1. The lowest BCUT2D eigenvalue weighted by Gasteiger charge is -2.35. The van der Waals surface area contributed by atoms with Crippen LogP contribution in [0.4, 0.5) is 43.7 Å². The molecule has 2 aromatic heterocycles. The van der Waals surface area contributed by atoms with Gasteiger partial charge in [-0.25, -0.2) is 19.2 Å². The molecule has 64 heavy (non-hydrogen) atoms. The number of carbonyl (C=O) groups is 4. The number of anilines is 2. The largest absolute Gasteiger partial charge is 0.508 e. The number of aromatic nitrogens is 2. The van der Waals surface area contributed by atoms with E-state index in [0.29, 0.717) is 51.8 Å². The van der Waals surface area contributed by atoms with Crippen molar-refractivity contribution in [1.29, 1.82) is 0 Å². The highest BCUT2D eigenvalue weighted by atomic mass is 19.4. The number of benzene rings is 3. The minimum Gasteiger partial charge on any atom is -0.508 e. The fourth-order valence-electron chi connectivity index (χ4n) is 6.52. The van der Waals surface area contributed by atoms with Crippen LogP contribution in [0.15, 0.2) is 73.1 Å². The van der Waals surface area contributed by atoms with E-state index in [0.717, 1.165) is 17.7 Å². The third kappa shape index (κ3) is 13.3. The van der Waals surface area contributed by atoms with Gasteiger partial charge in [-0.3, -0.25) is 19.8 Å². The maximum Gasteiger partial charge on any atom is 0.419 e. The molecular formula is C47H57F3N4O10. The second kappa shape index (κ2) is 18.0. The Morgan fingerprint density at radius 3 is 1.44 bits per heavy atom. The van der Waals surface area contributed by atoms with Crippen LogP contribution in [0.3, 0.4) is 0 Å². The highest BCUT2D eigenvalue weighted by molar-refractivity contribution is 6.05. The number of amides is 2. The number of aromatic hydroxyl groups is 1. The smallest absolute Gasteiger partial charge is 0.419 e. The van der Waals surface area contributed by atoms with Crippen molar-refractivity contribution in [3.8, 4) is 11.5 Å². The summed E-state index contributed by atoms with van der Waals surface area (Å²) in [6, 6.07) is 14.9. The molecule has 0 radical (unpaired) electrons. The van der Waals surface area contributed by atoms with Gasteiger partial charge in [0.05, 0.1) is 34.1 Å². The van der Waals surface area contributed by atoms with Gasteiger partial charge in [0.25, 0.3) is 0 Å². The molecule has 3 aromatic carbocycles. The Balaban J connectivity index is 0.000000266. The second-order valence-electron chi connectivity index (χ2n) is 19.4. The van der Waals surface area contributed by atoms with Gasteiger partial charge in [-0.15, -0.1) is 0 Å². The van der Waals surface area contributed by atoms with Crippen LogP contribution in [0.2, 0.25) is 0 Å². The highest BCUT2D eigenvalue weighted by Gasteiger charge is 2.35. The lowest BCUT2D eigenvalue weighted by atomic mass is 9.77. The molecule has 346 valence electrons. The van der Waals surface area contributed by atoms with E-state index in [9.17, 15) is 37.5 Å². The van der Waals surface area contributed by atoms with E-state index in [-0.39, 0.29) is 17.8 Å². The lowest BCUT2D eigenvalue weighted by molar-refractivity contribution is -0.137. The maximum atomic E-state index is 12.9. The fraction of sp³-hybridized carbons (Fsp3) is 0.447. The Bertz CT molecular complexity index is 2510. The zero-order valence-corrected chi connectivity index (χ0v) is 38.1. The third-order valence-electron chi connectivity index (χ3n) is 9.12. The first-order valence-electron chi connectivity index (χ1n) is 20.6. The normalized spacial score (nSPS) is 15.6. The zero-order chi connectivity index (χ0) is 47.7. The molecule has 1 aliphatic rings. The summed E-state index contributed by atoms with van der Waals surface area (Å²) in [5.74, 6) is 0.660. The number of fused-ring (bicyclic) bond motifs is 2. The molecular weight excluding hydrogens is 838 g/mol. The molecule has 1 fully saturated rings. The van der Waals surface area contributed by atoms with Crippen molar-refractivity contribution in [3.05, 3.63) is 84.2 Å². The summed E-state index contributed by atoms with van der Waals surface area (Å²) in [5.41, 5.74) is -0.870. The van der Waals surface area contributed by atoms with Gasteiger partial charge in [0.15, 0.2) is 0 Å². The van der Waals surface area contributed by atoms with Crippen molar-refractivity contribution >= 4 is 57.6 Å². The Hall–Kier alpha value is -6.39. The van der Waals surface area contributed by atoms with E-state index in [1.165, 1.54) is 45.8 Å². The monoisotopic (exact) mass is 894 g/mol. The van der Waals surface area contributed by atoms with Crippen molar-refractivity contribution < 1.29 is 61.1 Å². The molecule has 2 amide bonds. The number of hydrogen-bond donors (Lipinski definition) is 3. The number of ether oxygens (including phenoxy) is 5. The van der Waals surface area contributed by atoms with E-state index >= 15 is 0 Å². The van der Waals surface area contributed by atoms with Crippen molar-refractivity contribution in [1.82, 2.24) is 9.13 Å². The molecule has 0 aliphatic heterocycles. The van der Waals surface area contributed by atoms with Gasteiger partial charge < -0.3 is 28.8 Å². The van der Waals surface area contributed by atoms with Crippen LogP contribution in [-0.4, -0.2) is 67.1 Å². The van der Waals surface area contributed by atoms with Gasteiger partial charge in [-0.2, -0.15) is 13.2 Å². The molecule has 2 heterocycles. The number of rotatable bonds is 5. The van der Waals surface area contributed by atoms with Crippen LogP contribution in [0.25, 0.3) is 21.8 Å². The molecule has 0 unspecified atom stereocenters. The standard InChI is InChI=1S/C29H33F3N2O5.C18H24N2O5/c1-27(2,3)38-25(35)33-23-16-34(26(36)39-28(4,5)6)24-12-11-20(15-22(23)24)37-21-13-18(14-21)17-7-9-19(10-8-17)29(30,31)32;1-17(2,3)24-15(22)19-13-10-20(16(23)25-18(4,5)6)14-8-7-11(21)9-12(13)14/h7-12,15-16,18,21H,13-14H2,1-6H3,(H,33,35);7-10,21H,1-6H3,(H,19,22)/t18-,21-;. The van der Waals surface area contributed by atoms with Gasteiger partial charge in [-0.05, 0) is 156 Å². The van der Waals surface area contributed by atoms with Gasteiger partial charge >= 0.3 is 30.5 Å². The molecule has 0 spiro atoms. The predicted molar refractivity (Wildman–Crippen MR) is 236 cm³/mol. The van der Waals surface area contributed by atoms with E-state index in [1.807, 2.05) is 0 Å². The third-order valence-corrected chi connectivity index (χ3v) is 9.12. The first kappa shape index (κ1) is 48.6. The molecule has 17 heteroatoms. The van der Waals surface area contributed by atoms with Crippen LogP contribution < -0.4 is 15.4 Å². The highest BCUT2D eigenvalue weighted by Crippen LogP contribution is 2.41. The number of phenolic OH excluding ortho intramolecular Hbond substituents is 1. The number of nitrogens with zero attached hydrogens (tertiary/aromatic N) is 2. The van der Waals surface area contributed by atoms with Crippen LogP contribution in [0.1, 0.15) is 113 Å². The van der Waals surface area contributed by atoms with E-state index in [4.69, 9.17) is 23.7 Å². The molecule has 0 atom stereocenters. The average molecular weight is 895 g/mol. The Labute approximate surface area is 369 Å². The first-order chi connectivity index (χ1) is 29.3. The molecule has 5 aromatic rings. The molecule has 3 N–H and O–H groups in total. The Morgan fingerprint density at radius 1 is 0.594 bits per heavy atom. The van der Waals surface area contributed by atoms with Crippen LogP contribution >= 0.6 is 0 Å². The Morgan fingerprint density at radius 2 is 1.02 bits per heavy atom. The van der Waals surface area contributed by atoms with Crippen LogP contribution in [-0.2, 0) is 25.1 Å². The first-order valence-corrected chi connectivity index (χ1v) is 20.6. The molecule has 0 bridgehead atoms. The minimum atomic E-state index is -4.36. The van der Waals surface area contributed by atoms with Crippen molar-refractivity contribution in [3.63, 3.8) is 0 Å². The summed E-state index contributed by atoms with van der Waals surface area (Å²) in [4.78, 5) is 49.8. The van der Waals surface area contributed by atoms with Gasteiger partial charge in [-0.1, -0.05) is 12.1 Å². The van der Waals surface area contributed by atoms with E-state index in [2.05, 4.69) is 10.6 Å². The summed E-state index contributed by atoms with van der Waals surface area (Å²) in [5, 5.41) is 16.1. The average Bonchev–Trinajstić information content (AvgIpc) is 3.64. The molecule has 6 rings (SSSR count). The number of alkyl halides is 3. The van der Waals surface area contributed by atoms with E-state index < -0.39 is 58.5 Å². The quantitative estimate of drug-likeness (QED) is 0.144. The minimum absolute atomic E-state index is 0.0154. The number of hydrogen-bond acceptors (Lipinski definition) is 10. The number of phenols is 1. The summed E-state index contributed by atoms with van der Waals surface area (Å²) < 4.78 is 68.8. The molecule has 1 saturated carbocycles. The SMILES string of the molecule is CC(C)(C)OC(=O)Nc1cn(C(=O)OC(C)(C)C)c2ccc(O)cc12.CC(C)(C)OC(=O)Nc1cn(C(=O)OC(C)(C)C)c2ccc(O[C@H]3C[C@H](c4ccc(C(F)(F)F)cc4)C3)cc12. The molecule has 14 nitrogen and oxygen atoms in total. The topological polar surface area (TPSA) is 169 Å². The van der Waals surface area contributed by atoms with Crippen LogP contribution in [0.5, 0.6) is 11.5 Å². The summed E-state index contributed by atoms with van der Waals surface area (Å²) in [7, 11) is 0. The molecule has 1 aliphatic carbocycles. The Kier molecular flexibility index (Phi) is 13.7. The summed E-state index contributed by atoms with van der Waals surface area (Å²) in [6.07, 6.45) is -2.74. The van der Waals surface area contributed by atoms with Gasteiger partial charge in [0, 0.05) is 23.2 Å². The maximum absolute atomic E-state index is 12.9. The van der Waals surface area contributed by atoms with Crippen molar-refractivity contribution in [2.24, 2.45) is 0 Å². The number of carbonyl (C=O) groups excluding carboxylic acids is 4.